The van der Waals surface area contributed by atoms with Gasteiger partial charge in [-0.3, -0.25) is 0 Å². The van der Waals surface area contributed by atoms with Crippen molar-refractivity contribution in [1.29, 1.82) is 0 Å². The van der Waals surface area contributed by atoms with Crippen LogP contribution in [0.2, 0.25) is 0 Å². The van der Waals surface area contributed by atoms with Crippen LogP contribution in [-0.4, -0.2) is 198 Å². The molecule has 18 atom stereocenters. The summed E-state index contributed by atoms with van der Waals surface area (Å²) in [6.07, 6.45) is -29.8. The summed E-state index contributed by atoms with van der Waals surface area (Å²) in [6.45, 7) is -1.93. The molecule has 0 aromatic rings. The third kappa shape index (κ3) is 7.15. The predicted molar refractivity (Wildman–Crippen MR) is 122 cm³/mol. The summed E-state index contributed by atoms with van der Waals surface area (Å²) < 4.78 is 37.3. The molecule has 0 saturated carbocycles. The van der Waals surface area contributed by atoms with Crippen molar-refractivity contribution in [3.05, 3.63) is 0 Å². The Morgan fingerprint density at radius 2 is 0.951 bits per heavy atom. The minimum atomic E-state index is -1.93. The smallest absolute Gasteiger partial charge is 0.187 e. The van der Waals surface area contributed by atoms with E-state index < -0.39 is 124 Å². The molecule has 19 heteroatoms. The highest BCUT2D eigenvalue weighted by atomic mass is 16.7. The van der Waals surface area contributed by atoms with E-state index in [4.69, 9.17) is 33.2 Å². The van der Waals surface area contributed by atoms with E-state index in [9.17, 15) is 61.3 Å². The van der Waals surface area contributed by atoms with E-state index in [0.29, 0.717) is 0 Å². The second kappa shape index (κ2) is 13.9. The Morgan fingerprint density at radius 3 is 1.49 bits per heavy atom. The van der Waals surface area contributed by atoms with Crippen LogP contribution in [0.3, 0.4) is 0 Å². The van der Waals surface area contributed by atoms with Gasteiger partial charge >= 0.3 is 0 Å². The molecule has 4 aliphatic heterocycles. The third-order valence-corrected chi connectivity index (χ3v) is 7.38. The average molecular weight is 607 g/mol. The number of ether oxygens (including phenoxy) is 7. The van der Waals surface area contributed by atoms with Crippen LogP contribution in [-0.2, 0) is 33.2 Å². The van der Waals surface area contributed by atoms with Gasteiger partial charge in [-0.1, -0.05) is 0 Å². The molecule has 0 aromatic heterocycles. The van der Waals surface area contributed by atoms with Gasteiger partial charge in [0.1, 0.15) is 85.5 Å². The van der Waals surface area contributed by atoms with Crippen molar-refractivity contribution in [1.82, 2.24) is 0 Å². The highest BCUT2D eigenvalue weighted by Gasteiger charge is 2.51. The molecule has 240 valence electrons. The van der Waals surface area contributed by atoms with Gasteiger partial charge < -0.3 is 94.4 Å². The maximum Gasteiger partial charge on any atom is 0.187 e. The molecule has 4 heterocycles. The Bertz CT molecular complexity index is 824. The molecule has 19 nitrogen and oxygen atoms in total. The van der Waals surface area contributed by atoms with Gasteiger partial charge in [0.2, 0.25) is 0 Å². The third-order valence-electron chi connectivity index (χ3n) is 7.38. The minimum Gasteiger partial charge on any atom is -0.388 e. The van der Waals surface area contributed by atoms with E-state index in [2.05, 4.69) is 0 Å². The average Bonchev–Trinajstić information content (AvgIpc) is 2.95. The summed E-state index contributed by atoms with van der Waals surface area (Å²) in [5.74, 6) is 0. The highest BCUT2D eigenvalue weighted by molar-refractivity contribution is 4.94. The van der Waals surface area contributed by atoms with Crippen molar-refractivity contribution >= 4 is 0 Å². The van der Waals surface area contributed by atoms with Gasteiger partial charge in [0.25, 0.3) is 0 Å². The van der Waals surface area contributed by atoms with Gasteiger partial charge in [-0.25, -0.2) is 0 Å². The molecule has 41 heavy (non-hydrogen) atoms. The zero-order valence-electron chi connectivity index (χ0n) is 21.4. The Hall–Kier alpha value is -0.760. The first-order valence-corrected chi connectivity index (χ1v) is 12.9. The maximum atomic E-state index is 10.6. The van der Waals surface area contributed by atoms with Crippen LogP contribution in [0.1, 0.15) is 0 Å². The van der Waals surface area contributed by atoms with Gasteiger partial charge in [-0.2, -0.15) is 0 Å². The highest BCUT2D eigenvalue weighted by Crippen LogP contribution is 2.30. The lowest BCUT2D eigenvalue weighted by atomic mass is 9.97. The Labute approximate surface area is 232 Å². The Kier molecular flexibility index (Phi) is 11.2. The summed E-state index contributed by atoms with van der Waals surface area (Å²) >= 11 is 0. The van der Waals surface area contributed by atoms with E-state index in [0.717, 1.165) is 0 Å². The Balaban J connectivity index is 1.41. The lowest BCUT2D eigenvalue weighted by Gasteiger charge is -2.46. The normalized spacial score (nSPS) is 53.3. The molecule has 4 aliphatic rings. The predicted octanol–water partition coefficient (Wildman–Crippen LogP) is -8.47. The molecule has 4 fully saturated rings. The molecule has 0 amide bonds. The summed E-state index contributed by atoms with van der Waals surface area (Å²) in [4.78, 5) is 0. The second-order valence-electron chi connectivity index (χ2n) is 10.3. The van der Waals surface area contributed by atoms with Gasteiger partial charge in [0.05, 0.1) is 26.4 Å². The number of hydrogen-bond donors (Lipinski definition) is 12. The van der Waals surface area contributed by atoms with Crippen LogP contribution in [0, 0.1) is 0 Å². The zero-order chi connectivity index (χ0) is 30.2. The fourth-order valence-corrected chi connectivity index (χ4v) is 4.77. The number of aliphatic hydroxyl groups is 12. The molecular weight excluding hydrogens is 568 g/mol. The van der Waals surface area contributed by atoms with Crippen molar-refractivity contribution < 1.29 is 94.4 Å². The SMILES string of the molecule is OC1O[C@H](CO[C@H]2OC[C@@H](O)[C@H](O)[C@H]2O)[C@@H](O[C@@H]2O[C@H](CO[C@H]3OC[C@@H](O)[C@H](O)[C@H]3O)[C@@H](O)[C@H](O)[C@H]2O)[C@H](O)[C@H]1O. The number of rotatable bonds is 8. The summed E-state index contributed by atoms with van der Waals surface area (Å²) in [6, 6.07) is 0. The van der Waals surface area contributed by atoms with Crippen LogP contribution in [0.4, 0.5) is 0 Å². The van der Waals surface area contributed by atoms with E-state index in [1.807, 2.05) is 0 Å². The van der Waals surface area contributed by atoms with E-state index >= 15 is 0 Å². The molecule has 4 saturated heterocycles. The zero-order valence-corrected chi connectivity index (χ0v) is 21.4. The summed E-state index contributed by atoms with van der Waals surface area (Å²) in [5.41, 5.74) is 0. The molecular formula is C22H38O19. The maximum absolute atomic E-state index is 10.6. The van der Waals surface area contributed by atoms with Gasteiger partial charge in [0.15, 0.2) is 25.2 Å². The van der Waals surface area contributed by atoms with Crippen LogP contribution >= 0.6 is 0 Å². The summed E-state index contributed by atoms with van der Waals surface area (Å²) in [7, 11) is 0. The molecule has 12 N–H and O–H groups in total. The number of hydrogen-bond acceptors (Lipinski definition) is 19. The molecule has 0 aliphatic carbocycles. The molecule has 1 unspecified atom stereocenters. The first-order chi connectivity index (χ1) is 19.3. The van der Waals surface area contributed by atoms with Crippen LogP contribution in [0.15, 0.2) is 0 Å². The molecule has 0 bridgehead atoms. The first kappa shape index (κ1) is 33.1. The van der Waals surface area contributed by atoms with E-state index in [1.54, 1.807) is 0 Å². The van der Waals surface area contributed by atoms with Crippen molar-refractivity contribution in [2.45, 2.75) is 111 Å². The van der Waals surface area contributed by atoms with Crippen molar-refractivity contribution in [2.24, 2.45) is 0 Å². The fourth-order valence-electron chi connectivity index (χ4n) is 4.77. The fraction of sp³-hybridized carbons (Fsp3) is 1.00. The van der Waals surface area contributed by atoms with E-state index in [-0.39, 0.29) is 13.2 Å². The molecule has 4 rings (SSSR count). The van der Waals surface area contributed by atoms with Crippen molar-refractivity contribution in [3.63, 3.8) is 0 Å². The number of aliphatic hydroxyl groups excluding tert-OH is 12. The van der Waals surface area contributed by atoms with Crippen molar-refractivity contribution in [2.75, 3.05) is 26.4 Å². The monoisotopic (exact) mass is 606 g/mol. The van der Waals surface area contributed by atoms with Crippen molar-refractivity contribution in [3.8, 4) is 0 Å². The first-order valence-electron chi connectivity index (χ1n) is 12.9. The lowest BCUT2D eigenvalue weighted by molar-refractivity contribution is -0.365. The largest absolute Gasteiger partial charge is 0.388 e. The van der Waals surface area contributed by atoms with Crippen LogP contribution < -0.4 is 0 Å². The minimum absolute atomic E-state index is 0.371. The topological polar surface area (TPSA) is 307 Å². The second-order valence-corrected chi connectivity index (χ2v) is 10.3. The molecule has 0 radical (unpaired) electrons. The van der Waals surface area contributed by atoms with Gasteiger partial charge in [0, 0.05) is 0 Å². The van der Waals surface area contributed by atoms with Crippen LogP contribution in [0.5, 0.6) is 0 Å². The van der Waals surface area contributed by atoms with Crippen LogP contribution in [0.25, 0.3) is 0 Å². The summed E-state index contributed by atoms with van der Waals surface area (Å²) in [5, 5.41) is 121. The van der Waals surface area contributed by atoms with E-state index in [1.165, 1.54) is 0 Å². The Morgan fingerprint density at radius 1 is 0.463 bits per heavy atom. The lowest BCUT2D eigenvalue weighted by Crippen LogP contribution is -2.65. The standard InChI is InChI=1S/C22H38O19/c23-5-1-35-20(15(31)9(5)25)37-3-7-11(27)12(28)17(33)22(40-7)41-18-8(39-19(34)14(30)13(18)29)4-38-21-16(32)10(26)6(24)2-36-21/h5-34H,1-4H2/t5-,6-,7-,8-,9+,10+,11-,12+,13-,14-,15-,16-,17-,18-,19?,20-,21-,22+/m1/s1. The van der Waals surface area contributed by atoms with Gasteiger partial charge in [-0.05, 0) is 0 Å². The molecule has 0 aromatic carbocycles. The molecule has 0 spiro atoms. The quantitative estimate of drug-likeness (QED) is 0.122. The van der Waals surface area contributed by atoms with Gasteiger partial charge in [-0.15, -0.1) is 0 Å².